The first-order valence-electron chi connectivity index (χ1n) is 6.90. The third-order valence-corrected chi connectivity index (χ3v) is 3.85. The number of fused-ring (bicyclic) bond motifs is 2. The van der Waals surface area contributed by atoms with Crippen molar-refractivity contribution in [1.29, 1.82) is 0 Å². The highest BCUT2D eigenvalue weighted by atomic mass is 16.5. The van der Waals surface area contributed by atoms with Gasteiger partial charge < -0.3 is 4.74 Å². The number of benzene rings is 2. The van der Waals surface area contributed by atoms with E-state index in [1.54, 1.807) is 0 Å². The average Bonchev–Trinajstić information content (AvgIpc) is 2.87. The zero-order valence-electron chi connectivity index (χ0n) is 11.6. The Hall–Kier alpha value is -2.68. The highest BCUT2D eigenvalue weighted by Crippen LogP contribution is 2.36. The molecule has 3 heteroatoms. The van der Waals surface area contributed by atoms with E-state index in [-0.39, 0.29) is 12.6 Å². The molecule has 21 heavy (non-hydrogen) atoms. The van der Waals surface area contributed by atoms with Crippen molar-refractivity contribution in [3.05, 3.63) is 65.4 Å². The van der Waals surface area contributed by atoms with Gasteiger partial charge in [-0.3, -0.25) is 0 Å². The fourth-order valence-electron chi connectivity index (χ4n) is 2.81. The maximum Gasteiger partial charge on any atom is 0.341 e. The normalized spacial score (nSPS) is 13.3. The molecule has 0 spiro atoms. The first-order valence-corrected chi connectivity index (χ1v) is 6.90. The minimum Gasteiger partial charge on any atom is -0.455 e. The summed E-state index contributed by atoms with van der Waals surface area (Å²) in [6, 6.07) is 16.1. The molecule has 0 saturated carbocycles. The van der Waals surface area contributed by atoms with Crippen LogP contribution in [0.4, 0.5) is 0 Å². The Bertz CT molecular complexity index is 866. The van der Waals surface area contributed by atoms with Gasteiger partial charge in [-0.25, -0.2) is 9.78 Å². The largest absolute Gasteiger partial charge is 0.455 e. The van der Waals surface area contributed by atoms with Gasteiger partial charge in [0.2, 0.25) is 0 Å². The summed E-state index contributed by atoms with van der Waals surface area (Å²) < 4.78 is 5.18. The second kappa shape index (κ2) is 4.42. The number of para-hydroxylation sites is 1. The van der Waals surface area contributed by atoms with Crippen molar-refractivity contribution in [1.82, 2.24) is 4.98 Å². The number of pyridine rings is 1. The lowest BCUT2D eigenvalue weighted by atomic mass is 9.94. The van der Waals surface area contributed by atoms with Crippen LogP contribution in [0.1, 0.15) is 21.6 Å². The molecule has 0 bridgehead atoms. The van der Waals surface area contributed by atoms with Gasteiger partial charge in [-0.2, -0.15) is 0 Å². The average molecular weight is 275 g/mol. The van der Waals surface area contributed by atoms with Crippen molar-refractivity contribution in [2.75, 3.05) is 0 Å². The van der Waals surface area contributed by atoms with Crippen molar-refractivity contribution < 1.29 is 9.53 Å². The van der Waals surface area contributed by atoms with E-state index in [2.05, 4.69) is 17.1 Å². The maximum absolute atomic E-state index is 12.1. The lowest BCUT2D eigenvalue weighted by molar-refractivity contribution is 0.0534. The lowest BCUT2D eigenvalue weighted by Gasteiger charge is -2.10. The minimum absolute atomic E-state index is 0.262. The number of nitrogens with zero attached hydrogens (tertiary/aromatic N) is 1. The number of ether oxygens (including phenoxy) is 1. The topological polar surface area (TPSA) is 39.2 Å². The zero-order valence-corrected chi connectivity index (χ0v) is 11.6. The van der Waals surface area contributed by atoms with Crippen LogP contribution in [0.5, 0.6) is 0 Å². The molecule has 0 fully saturated rings. The number of aryl methyl sites for hydroxylation is 1. The summed E-state index contributed by atoms with van der Waals surface area (Å²) in [4.78, 5) is 16.7. The van der Waals surface area contributed by atoms with Crippen molar-refractivity contribution >= 4 is 16.9 Å². The van der Waals surface area contributed by atoms with Crippen molar-refractivity contribution in [2.24, 2.45) is 0 Å². The first kappa shape index (κ1) is 12.1. The molecule has 0 amide bonds. The molecule has 0 atom stereocenters. The van der Waals surface area contributed by atoms with Crippen LogP contribution >= 0.6 is 0 Å². The number of hydrogen-bond acceptors (Lipinski definition) is 3. The lowest BCUT2D eigenvalue weighted by Crippen LogP contribution is -2.00. The summed E-state index contributed by atoms with van der Waals surface area (Å²) >= 11 is 0. The monoisotopic (exact) mass is 275 g/mol. The van der Waals surface area contributed by atoms with Gasteiger partial charge in [0, 0.05) is 10.9 Å². The molecule has 0 unspecified atom stereocenters. The van der Waals surface area contributed by atoms with Crippen LogP contribution in [0.3, 0.4) is 0 Å². The van der Waals surface area contributed by atoms with Gasteiger partial charge in [-0.05, 0) is 18.6 Å². The Morgan fingerprint density at radius 2 is 1.76 bits per heavy atom. The summed E-state index contributed by atoms with van der Waals surface area (Å²) in [5.41, 5.74) is 5.38. The molecule has 0 N–H and O–H groups in total. The molecule has 0 saturated heterocycles. The van der Waals surface area contributed by atoms with Gasteiger partial charge in [0.25, 0.3) is 0 Å². The third kappa shape index (κ3) is 1.82. The highest BCUT2D eigenvalue weighted by Gasteiger charge is 2.28. The fraction of sp³-hybridized carbons (Fsp3) is 0.111. The second-order valence-electron chi connectivity index (χ2n) is 5.27. The molecule has 0 aliphatic carbocycles. The number of aromatic nitrogens is 1. The molecule has 0 radical (unpaired) electrons. The van der Waals surface area contributed by atoms with Gasteiger partial charge in [0.05, 0.1) is 16.8 Å². The van der Waals surface area contributed by atoms with Crippen molar-refractivity contribution in [3.8, 4) is 11.1 Å². The first-order chi connectivity index (χ1) is 10.2. The minimum atomic E-state index is -0.279. The molecule has 4 rings (SSSR count). The van der Waals surface area contributed by atoms with E-state index in [0.717, 1.165) is 27.7 Å². The maximum atomic E-state index is 12.1. The van der Waals surface area contributed by atoms with E-state index in [9.17, 15) is 4.79 Å². The molecule has 3 aromatic rings. The molecular formula is C18H13NO2. The van der Waals surface area contributed by atoms with E-state index < -0.39 is 0 Å². The van der Waals surface area contributed by atoms with Crippen LogP contribution in [-0.4, -0.2) is 11.0 Å². The van der Waals surface area contributed by atoms with Crippen LogP contribution in [0.25, 0.3) is 22.0 Å². The van der Waals surface area contributed by atoms with Gasteiger partial charge in [-0.1, -0.05) is 48.0 Å². The van der Waals surface area contributed by atoms with Gasteiger partial charge in [-0.15, -0.1) is 0 Å². The SMILES string of the molecule is Cc1ccc(-c2c3c(nc4ccccc24)COC3=O)cc1. The third-order valence-electron chi connectivity index (χ3n) is 3.85. The van der Waals surface area contributed by atoms with E-state index >= 15 is 0 Å². The van der Waals surface area contributed by atoms with E-state index in [4.69, 9.17) is 4.74 Å². The van der Waals surface area contributed by atoms with Crippen LogP contribution in [0.15, 0.2) is 48.5 Å². The van der Waals surface area contributed by atoms with Crippen molar-refractivity contribution in [2.45, 2.75) is 13.5 Å². The number of hydrogen-bond donors (Lipinski definition) is 0. The number of esters is 1. The molecular weight excluding hydrogens is 262 g/mol. The zero-order chi connectivity index (χ0) is 14.4. The Morgan fingerprint density at radius 3 is 2.57 bits per heavy atom. The molecule has 2 aromatic carbocycles. The molecule has 1 aliphatic heterocycles. The van der Waals surface area contributed by atoms with Crippen LogP contribution in [-0.2, 0) is 11.3 Å². The second-order valence-corrected chi connectivity index (χ2v) is 5.27. The van der Waals surface area contributed by atoms with E-state index in [0.29, 0.717) is 5.56 Å². The predicted octanol–water partition coefficient (Wildman–Crippen LogP) is 3.88. The smallest absolute Gasteiger partial charge is 0.341 e. The molecule has 3 nitrogen and oxygen atoms in total. The quantitative estimate of drug-likeness (QED) is 0.633. The highest BCUT2D eigenvalue weighted by molar-refractivity contribution is 6.08. The summed E-state index contributed by atoms with van der Waals surface area (Å²) in [7, 11) is 0. The molecule has 2 heterocycles. The van der Waals surface area contributed by atoms with Crippen LogP contribution in [0.2, 0.25) is 0 Å². The molecule has 1 aromatic heterocycles. The summed E-state index contributed by atoms with van der Waals surface area (Å²) in [6.45, 7) is 2.31. The van der Waals surface area contributed by atoms with Gasteiger partial charge in [0.1, 0.15) is 6.61 Å². The Balaban J connectivity index is 2.12. The van der Waals surface area contributed by atoms with E-state index in [1.165, 1.54) is 5.56 Å². The Morgan fingerprint density at radius 1 is 1.00 bits per heavy atom. The summed E-state index contributed by atoms with van der Waals surface area (Å²) in [5, 5.41) is 0.985. The predicted molar refractivity (Wildman–Crippen MR) is 81.0 cm³/mol. The van der Waals surface area contributed by atoms with E-state index in [1.807, 2.05) is 43.3 Å². The summed E-state index contributed by atoms with van der Waals surface area (Å²) in [6.07, 6.45) is 0. The molecule has 1 aliphatic rings. The number of carbonyl (C=O) groups excluding carboxylic acids is 1. The Labute approximate surface area is 122 Å². The number of rotatable bonds is 1. The van der Waals surface area contributed by atoms with Crippen LogP contribution < -0.4 is 0 Å². The fourth-order valence-corrected chi connectivity index (χ4v) is 2.81. The Kier molecular flexibility index (Phi) is 2.54. The van der Waals surface area contributed by atoms with Gasteiger partial charge >= 0.3 is 5.97 Å². The standard InChI is InChI=1S/C18H13NO2/c1-11-6-8-12(9-7-11)16-13-4-2-3-5-14(13)19-15-10-21-18(20)17(15)16/h2-9H,10H2,1H3. The van der Waals surface area contributed by atoms with Crippen LogP contribution in [0, 0.1) is 6.92 Å². The van der Waals surface area contributed by atoms with Gasteiger partial charge in [0.15, 0.2) is 0 Å². The number of carbonyl (C=O) groups is 1. The van der Waals surface area contributed by atoms with Crippen molar-refractivity contribution in [3.63, 3.8) is 0 Å². The summed E-state index contributed by atoms with van der Waals surface area (Å²) in [5.74, 6) is -0.279. The number of cyclic esters (lactones) is 1. The molecule has 102 valence electrons.